The fraction of sp³-hybridized carbons (Fsp3) is 0.100. The van der Waals surface area contributed by atoms with Crippen molar-refractivity contribution >= 4 is 15.7 Å². The number of nitrogens with zero attached hydrogens (tertiary/aromatic N) is 1. The minimum Gasteiger partial charge on any atom is -0.262 e. The van der Waals surface area contributed by atoms with Gasteiger partial charge in [-0.25, -0.2) is 12.8 Å². The Balaban J connectivity index is 2.08. The van der Waals surface area contributed by atoms with Gasteiger partial charge in [0.1, 0.15) is 5.82 Å². The number of benzene rings is 3. The zero-order valence-electron chi connectivity index (χ0n) is 14.4. The molecule has 0 aliphatic heterocycles. The first-order valence-electron chi connectivity index (χ1n) is 8.18. The van der Waals surface area contributed by atoms with Crippen LogP contribution in [0.3, 0.4) is 0 Å². The van der Waals surface area contributed by atoms with E-state index >= 15 is 0 Å². The van der Waals surface area contributed by atoms with Gasteiger partial charge in [0.25, 0.3) is 10.0 Å². The van der Waals surface area contributed by atoms with Gasteiger partial charge in [0.05, 0.1) is 22.7 Å². The fourth-order valence-electron chi connectivity index (χ4n) is 2.68. The van der Waals surface area contributed by atoms with Crippen LogP contribution in [0.5, 0.6) is 0 Å². The lowest BCUT2D eigenvalue weighted by Crippen LogP contribution is -2.30. The highest BCUT2D eigenvalue weighted by molar-refractivity contribution is 7.92. The smallest absolute Gasteiger partial charge is 0.262 e. The van der Waals surface area contributed by atoms with Crippen molar-refractivity contribution in [2.24, 2.45) is 0 Å². The summed E-state index contributed by atoms with van der Waals surface area (Å²) in [5, 5.41) is 0. The quantitative estimate of drug-likeness (QED) is 0.541. The molecule has 0 fully saturated rings. The lowest BCUT2D eigenvalue weighted by atomic mass is 10.1. The minimum atomic E-state index is -4.88. The number of sulfonamides is 1. The monoisotopic (exact) mass is 409 g/mol. The first kappa shape index (κ1) is 19.9. The van der Waals surface area contributed by atoms with E-state index in [-0.39, 0.29) is 22.7 Å². The van der Waals surface area contributed by atoms with E-state index < -0.39 is 27.6 Å². The second-order valence-corrected chi connectivity index (χ2v) is 7.83. The predicted molar refractivity (Wildman–Crippen MR) is 97.7 cm³/mol. The molecule has 3 rings (SSSR count). The number of anilines is 1. The molecule has 0 amide bonds. The van der Waals surface area contributed by atoms with Gasteiger partial charge >= 0.3 is 6.18 Å². The van der Waals surface area contributed by atoms with Crippen LogP contribution in [0, 0.1) is 5.82 Å². The maximum atomic E-state index is 13.6. The van der Waals surface area contributed by atoms with E-state index in [4.69, 9.17) is 0 Å². The zero-order valence-corrected chi connectivity index (χ0v) is 15.2. The zero-order chi connectivity index (χ0) is 20.4. The number of hydrogen-bond donors (Lipinski definition) is 0. The highest BCUT2D eigenvalue weighted by Gasteiger charge is 2.34. The van der Waals surface area contributed by atoms with Crippen LogP contribution in [0.25, 0.3) is 0 Å². The molecule has 0 N–H and O–H groups in total. The van der Waals surface area contributed by atoms with Crippen LogP contribution in [-0.2, 0) is 22.7 Å². The number of halogens is 4. The SMILES string of the molecule is O=S(=O)(c1ccccc1)N(Cc1ccc(F)c(C(F)(F)F)c1)c1ccccc1. The molecule has 0 radical (unpaired) electrons. The van der Waals surface area contributed by atoms with Crippen molar-refractivity contribution in [1.82, 2.24) is 0 Å². The molecule has 0 spiro atoms. The number of alkyl halides is 3. The second-order valence-electron chi connectivity index (χ2n) is 5.97. The average molecular weight is 409 g/mol. The van der Waals surface area contributed by atoms with E-state index in [1.165, 1.54) is 24.3 Å². The summed E-state index contributed by atoms with van der Waals surface area (Å²) in [5.74, 6) is -1.41. The van der Waals surface area contributed by atoms with Crippen LogP contribution in [0.4, 0.5) is 23.2 Å². The summed E-state index contributed by atoms with van der Waals surface area (Å²) in [7, 11) is -4.05. The van der Waals surface area contributed by atoms with Crippen molar-refractivity contribution < 1.29 is 26.0 Å². The van der Waals surface area contributed by atoms with Crippen LogP contribution in [0.1, 0.15) is 11.1 Å². The van der Waals surface area contributed by atoms with Gasteiger partial charge in [-0.05, 0) is 42.0 Å². The molecule has 3 nitrogen and oxygen atoms in total. The summed E-state index contributed by atoms with van der Waals surface area (Å²) in [5.41, 5.74) is -1.14. The van der Waals surface area contributed by atoms with E-state index in [0.29, 0.717) is 12.1 Å². The third-order valence-electron chi connectivity index (χ3n) is 4.04. The highest BCUT2D eigenvalue weighted by atomic mass is 32.2. The van der Waals surface area contributed by atoms with Crippen LogP contribution >= 0.6 is 0 Å². The van der Waals surface area contributed by atoms with Crippen LogP contribution in [-0.4, -0.2) is 8.42 Å². The molecule has 0 saturated carbocycles. The fourth-order valence-corrected chi connectivity index (χ4v) is 4.16. The summed E-state index contributed by atoms with van der Waals surface area (Å²) in [6.45, 7) is -0.384. The Bertz CT molecular complexity index is 1050. The maximum Gasteiger partial charge on any atom is 0.419 e. The molecule has 0 aliphatic rings. The summed E-state index contributed by atoms with van der Waals surface area (Å²) in [4.78, 5) is -0.00277. The molecule has 8 heteroatoms. The third kappa shape index (κ3) is 4.17. The largest absolute Gasteiger partial charge is 0.419 e. The molecular formula is C20H15F4NO2S. The van der Waals surface area contributed by atoms with Gasteiger partial charge in [0.2, 0.25) is 0 Å². The van der Waals surface area contributed by atoms with E-state index in [0.717, 1.165) is 10.4 Å². The van der Waals surface area contributed by atoms with Crippen LogP contribution in [0.15, 0.2) is 83.8 Å². The Morgan fingerprint density at radius 2 is 1.39 bits per heavy atom. The molecule has 0 aromatic heterocycles. The Kier molecular flexibility index (Phi) is 5.42. The van der Waals surface area contributed by atoms with Gasteiger partial charge in [-0.15, -0.1) is 0 Å². The highest BCUT2D eigenvalue weighted by Crippen LogP contribution is 2.33. The summed E-state index contributed by atoms with van der Waals surface area (Å²) >= 11 is 0. The molecule has 0 bridgehead atoms. The van der Waals surface area contributed by atoms with Crippen molar-refractivity contribution in [2.45, 2.75) is 17.6 Å². The summed E-state index contributed by atoms with van der Waals surface area (Å²) < 4.78 is 79.8. The topological polar surface area (TPSA) is 37.4 Å². The first-order chi connectivity index (χ1) is 13.2. The Labute approximate surface area is 159 Å². The van der Waals surface area contributed by atoms with Crippen molar-refractivity contribution in [3.05, 3.63) is 95.8 Å². The Morgan fingerprint density at radius 3 is 1.96 bits per heavy atom. The first-order valence-corrected chi connectivity index (χ1v) is 9.62. The summed E-state index contributed by atoms with van der Waals surface area (Å²) in [6.07, 6.45) is -4.88. The molecule has 3 aromatic rings. The van der Waals surface area contributed by atoms with Crippen molar-refractivity contribution in [3.63, 3.8) is 0 Å². The van der Waals surface area contributed by atoms with E-state index in [9.17, 15) is 26.0 Å². The molecule has 146 valence electrons. The van der Waals surface area contributed by atoms with Gasteiger partial charge in [0, 0.05) is 0 Å². The molecular weight excluding hydrogens is 394 g/mol. The third-order valence-corrected chi connectivity index (χ3v) is 5.83. The second kappa shape index (κ2) is 7.63. The van der Waals surface area contributed by atoms with Crippen LogP contribution < -0.4 is 4.31 Å². The number of rotatable bonds is 5. The maximum absolute atomic E-state index is 13.6. The van der Waals surface area contributed by atoms with Crippen molar-refractivity contribution in [3.8, 4) is 0 Å². The van der Waals surface area contributed by atoms with Crippen molar-refractivity contribution in [2.75, 3.05) is 4.31 Å². The predicted octanol–water partition coefficient (Wildman–Crippen LogP) is 5.24. The average Bonchev–Trinajstić information content (AvgIpc) is 2.67. The molecule has 0 aliphatic carbocycles. The number of para-hydroxylation sites is 1. The van der Waals surface area contributed by atoms with E-state index in [1.807, 2.05) is 0 Å². The molecule has 28 heavy (non-hydrogen) atoms. The van der Waals surface area contributed by atoms with E-state index in [2.05, 4.69) is 0 Å². The van der Waals surface area contributed by atoms with E-state index in [1.54, 1.807) is 36.4 Å². The lowest BCUT2D eigenvalue weighted by molar-refractivity contribution is -0.140. The molecule has 3 aromatic carbocycles. The van der Waals surface area contributed by atoms with Gasteiger partial charge in [-0.3, -0.25) is 4.31 Å². The normalized spacial score (nSPS) is 12.0. The lowest BCUT2D eigenvalue weighted by Gasteiger charge is -2.25. The molecule has 0 saturated heterocycles. The van der Waals surface area contributed by atoms with Gasteiger partial charge in [-0.1, -0.05) is 42.5 Å². The molecule has 0 unspecified atom stereocenters. The van der Waals surface area contributed by atoms with Gasteiger partial charge < -0.3 is 0 Å². The number of hydrogen-bond acceptors (Lipinski definition) is 2. The van der Waals surface area contributed by atoms with Crippen LogP contribution in [0.2, 0.25) is 0 Å². The Hall–Kier alpha value is -2.87. The Morgan fingerprint density at radius 1 is 0.821 bits per heavy atom. The van der Waals surface area contributed by atoms with Gasteiger partial charge in [0.15, 0.2) is 0 Å². The standard InChI is InChI=1S/C20H15F4NO2S/c21-19-12-11-15(13-18(19)20(22,23)24)14-25(16-7-3-1-4-8-16)28(26,27)17-9-5-2-6-10-17/h1-13H,14H2. The minimum absolute atomic E-state index is 0.00277. The molecule has 0 heterocycles. The summed E-state index contributed by atoms with van der Waals surface area (Å²) in [6, 6.07) is 18.0. The van der Waals surface area contributed by atoms with Crippen molar-refractivity contribution in [1.29, 1.82) is 0 Å². The molecule has 0 atom stereocenters. The van der Waals surface area contributed by atoms with Gasteiger partial charge in [-0.2, -0.15) is 13.2 Å².